The molecule has 1 unspecified atom stereocenters. The summed E-state index contributed by atoms with van der Waals surface area (Å²) >= 11 is 0. The van der Waals surface area contributed by atoms with Crippen molar-refractivity contribution in [2.45, 2.75) is 12.5 Å². The third kappa shape index (κ3) is 2.17. The molecule has 1 atom stereocenters. The standard InChI is InChI=1S/C11H13N3.2ClH/c1-2-9-4-7-14(11(9)13-5-1)10-3-6-12-8-10;;/h1-2,4-5,7,10,12H,3,6,8H2;2*1H. The molecule has 0 amide bonds. The van der Waals surface area contributed by atoms with Crippen molar-refractivity contribution in [3.8, 4) is 0 Å². The molecule has 1 aliphatic rings. The molecular formula is C11H15Cl2N3. The Kier molecular flexibility index (Phi) is 4.59. The summed E-state index contributed by atoms with van der Waals surface area (Å²) in [7, 11) is 0. The van der Waals surface area contributed by atoms with Gasteiger partial charge in [-0.05, 0) is 31.2 Å². The zero-order valence-corrected chi connectivity index (χ0v) is 10.4. The topological polar surface area (TPSA) is 29.9 Å². The van der Waals surface area contributed by atoms with Crippen LogP contribution in [0.15, 0.2) is 30.6 Å². The fourth-order valence-electron chi connectivity index (χ4n) is 2.16. The maximum Gasteiger partial charge on any atom is 0.140 e. The van der Waals surface area contributed by atoms with Gasteiger partial charge in [0.1, 0.15) is 5.65 Å². The Morgan fingerprint density at radius 1 is 1.31 bits per heavy atom. The first-order valence-electron chi connectivity index (χ1n) is 5.07. The number of hydrogen-bond acceptors (Lipinski definition) is 2. The number of aromatic nitrogens is 2. The molecule has 0 spiro atoms. The van der Waals surface area contributed by atoms with Gasteiger partial charge in [0.05, 0.1) is 0 Å². The van der Waals surface area contributed by atoms with E-state index in [-0.39, 0.29) is 24.8 Å². The summed E-state index contributed by atoms with van der Waals surface area (Å²) in [6.45, 7) is 2.19. The number of nitrogens with one attached hydrogen (secondary N) is 1. The van der Waals surface area contributed by atoms with Crippen molar-refractivity contribution in [1.82, 2.24) is 14.9 Å². The molecule has 0 aromatic carbocycles. The number of hydrogen-bond donors (Lipinski definition) is 1. The lowest BCUT2D eigenvalue weighted by atomic mass is 10.2. The van der Waals surface area contributed by atoms with E-state index < -0.39 is 0 Å². The van der Waals surface area contributed by atoms with Crippen molar-refractivity contribution in [3.05, 3.63) is 30.6 Å². The first-order chi connectivity index (χ1) is 6.95. The number of fused-ring (bicyclic) bond motifs is 1. The average Bonchev–Trinajstić information content (AvgIpc) is 2.85. The van der Waals surface area contributed by atoms with Crippen molar-refractivity contribution < 1.29 is 0 Å². The van der Waals surface area contributed by atoms with Crippen LogP contribution in [-0.4, -0.2) is 22.6 Å². The van der Waals surface area contributed by atoms with Gasteiger partial charge in [0, 0.05) is 30.4 Å². The van der Waals surface area contributed by atoms with E-state index in [1.807, 2.05) is 12.3 Å². The summed E-state index contributed by atoms with van der Waals surface area (Å²) in [5.41, 5.74) is 1.11. The molecule has 0 radical (unpaired) electrons. The molecule has 1 saturated heterocycles. The van der Waals surface area contributed by atoms with Gasteiger partial charge in [0.25, 0.3) is 0 Å². The zero-order chi connectivity index (χ0) is 9.38. The second-order valence-electron chi connectivity index (χ2n) is 3.79. The Bertz CT molecular complexity index is 449. The Hall–Kier alpha value is -0.770. The van der Waals surface area contributed by atoms with Crippen molar-refractivity contribution in [2.24, 2.45) is 0 Å². The monoisotopic (exact) mass is 259 g/mol. The summed E-state index contributed by atoms with van der Waals surface area (Å²) in [6, 6.07) is 6.82. The maximum absolute atomic E-state index is 4.42. The van der Waals surface area contributed by atoms with Crippen LogP contribution in [0.5, 0.6) is 0 Å². The number of halogens is 2. The average molecular weight is 260 g/mol. The third-order valence-electron chi connectivity index (χ3n) is 2.90. The summed E-state index contributed by atoms with van der Waals surface area (Å²) in [4.78, 5) is 4.42. The van der Waals surface area contributed by atoms with Crippen LogP contribution < -0.4 is 5.32 Å². The van der Waals surface area contributed by atoms with Gasteiger partial charge in [-0.3, -0.25) is 0 Å². The van der Waals surface area contributed by atoms with E-state index in [9.17, 15) is 0 Å². The van der Waals surface area contributed by atoms with Crippen molar-refractivity contribution >= 4 is 35.8 Å². The summed E-state index contributed by atoms with van der Waals surface area (Å²) in [5, 5.41) is 4.61. The molecule has 3 rings (SSSR count). The highest BCUT2D eigenvalue weighted by Crippen LogP contribution is 2.21. The minimum atomic E-state index is 0. The van der Waals surface area contributed by atoms with Gasteiger partial charge in [0.15, 0.2) is 0 Å². The van der Waals surface area contributed by atoms with Crippen LogP contribution in [0.2, 0.25) is 0 Å². The minimum Gasteiger partial charge on any atom is -0.328 e. The fraction of sp³-hybridized carbons (Fsp3) is 0.364. The number of pyridine rings is 1. The molecule has 0 bridgehead atoms. The Morgan fingerprint density at radius 2 is 2.19 bits per heavy atom. The maximum atomic E-state index is 4.42. The van der Waals surface area contributed by atoms with Crippen LogP contribution >= 0.6 is 24.8 Å². The van der Waals surface area contributed by atoms with E-state index in [1.165, 1.54) is 11.8 Å². The molecule has 3 nitrogen and oxygen atoms in total. The lowest BCUT2D eigenvalue weighted by molar-refractivity contribution is 0.562. The summed E-state index contributed by atoms with van der Waals surface area (Å²) in [5.74, 6) is 0. The largest absolute Gasteiger partial charge is 0.328 e. The van der Waals surface area contributed by atoms with E-state index >= 15 is 0 Å². The van der Waals surface area contributed by atoms with Gasteiger partial charge in [-0.1, -0.05) is 0 Å². The molecule has 1 N–H and O–H groups in total. The van der Waals surface area contributed by atoms with E-state index in [2.05, 4.69) is 33.2 Å². The zero-order valence-electron chi connectivity index (χ0n) is 8.80. The van der Waals surface area contributed by atoms with Crippen LogP contribution in [0.4, 0.5) is 0 Å². The molecule has 3 heterocycles. The van der Waals surface area contributed by atoms with Gasteiger partial charge in [-0.15, -0.1) is 24.8 Å². The molecule has 88 valence electrons. The van der Waals surface area contributed by atoms with Gasteiger partial charge in [-0.25, -0.2) is 4.98 Å². The normalized spacial score (nSPS) is 19.1. The minimum absolute atomic E-state index is 0. The molecular weight excluding hydrogens is 245 g/mol. The lowest BCUT2D eigenvalue weighted by Crippen LogP contribution is -2.12. The van der Waals surface area contributed by atoms with Crippen molar-refractivity contribution in [2.75, 3.05) is 13.1 Å². The molecule has 1 fully saturated rings. The summed E-state index contributed by atoms with van der Waals surface area (Å²) < 4.78 is 2.29. The van der Waals surface area contributed by atoms with E-state index in [0.717, 1.165) is 18.7 Å². The summed E-state index contributed by atoms with van der Waals surface area (Å²) in [6.07, 6.45) is 5.22. The van der Waals surface area contributed by atoms with Gasteiger partial charge in [0.2, 0.25) is 0 Å². The SMILES string of the molecule is Cl.Cl.c1cnc2c(c1)ccn2C1CCNC1. The Morgan fingerprint density at radius 3 is 2.94 bits per heavy atom. The van der Waals surface area contributed by atoms with Gasteiger partial charge >= 0.3 is 0 Å². The smallest absolute Gasteiger partial charge is 0.140 e. The lowest BCUT2D eigenvalue weighted by Gasteiger charge is -2.11. The molecule has 1 aliphatic heterocycles. The Balaban J connectivity index is 0.000000640. The van der Waals surface area contributed by atoms with E-state index in [1.54, 1.807) is 0 Å². The Labute approximate surface area is 107 Å². The van der Waals surface area contributed by atoms with Crippen LogP contribution in [0.1, 0.15) is 12.5 Å². The van der Waals surface area contributed by atoms with Crippen LogP contribution in [0.3, 0.4) is 0 Å². The number of rotatable bonds is 1. The number of nitrogens with zero attached hydrogens (tertiary/aromatic N) is 2. The van der Waals surface area contributed by atoms with Gasteiger partial charge < -0.3 is 9.88 Å². The fourth-order valence-corrected chi connectivity index (χ4v) is 2.16. The van der Waals surface area contributed by atoms with E-state index in [0.29, 0.717) is 6.04 Å². The quantitative estimate of drug-likeness (QED) is 0.853. The molecule has 0 aliphatic carbocycles. The van der Waals surface area contributed by atoms with Crippen LogP contribution in [0, 0.1) is 0 Å². The molecule has 2 aromatic heterocycles. The first kappa shape index (κ1) is 13.3. The van der Waals surface area contributed by atoms with Crippen molar-refractivity contribution in [3.63, 3.8) is 0 Å². The second kappa shape index (κ2) is 5.53. The predicted octanol–water partition coefficient (Wildman–Crippen LogP) is 2.41. The molecule has 0 saturated carbocycles. The van der Waals surface area contributed by atoms with Crippen LogP contribution in [-0.2, 0) is 0 Å². The van der Waals surface area contributed by atoms with Gasteiger partial charge in [-0.2, -0.15) is 0 Å². The highest BCUT2D eigenvalue weighted by molar-refractivity contribution is 5.85. The van der Waals surface area contributed by atoms with E-state index in [4.69, 9.17) is 0 Å². The highest BCUT2D eigenvalue weighted by Gasteiger charge is 2.17. The predicted molar refractivity (Wildman–Crippen MR) is 70.8 cm³/mol. The van der Waals surface area contributed by atoms with Crippen molar-refractivity contribution in [1.29, 1.82) is 0 Å². The molecule has 5 heteroatoms. The third-order valence-corrected chi connectivity index (χ3v) is 2.90. The molecule has 16 heavy (non-hydrogen) atoms. The molecule has 2 aromatic rings. The first-order valence-corrected chi connectivity index (χ1v) is 5.07. The second-order valence-corrected chi connectivity index (χ2v) is 3.79. The van der Waals surface area contributed by atoms with Crippen LogP contribution in [0.25, 0.3) is 11.0 Å². The highest BCUT2D eigenvalue weighted by atomic mass is 35.5.